The van der Waals surface area contributed by atoms with E-state index < -0.39 is 10.0 Å². The molecule has 0 amide bonds. The number of aromatic hydroxyl groups is 1. The third kappa shape index (κ3) is 3.00. The number of azide groups is 1. The molecule has 20 heavy (non-hydrogen) atoms. The number of sulfonamides is 1. The van der Waals surface area contributed by atoms with Crippen LogP contribution in [0.1, 0.15) is 0 Å². The topological polar surface area (TPSA) is 115 Å². The van der Waals surface area contributed by atoms with Gasteiger partial charge in [0.25, 0.3) is 10.0 Å². The molecule has 102 valence electrons. The Kier molecular flexibility index (Phi) is 3.79. The van der Waals surface area contributed by atoms with Gasteiger partial charge in [-0.3, -0.25) is 4.72 Å². The van der Waals surface area contributed by atoms with Gasteiger partial charge < -0.3 is 5.11 Å². The van der Waals surface area contributed by atoms with E-state index in [1.807, 2.05) is 0 Å². The number of nitrogens with zero attached hydrogens (tertiary/aromatic N) is 3. The van der Waals surface area contributed by atoms with E-state index in [0.29, 0.717) is 5.69 Å². The molecule has 2 rings (SSSR count). The van der Waals surface area contributed by atoms with Crippen molar-refractivity contribution in [2.24, 2.45) is 5.11 Å². The maximum absolute atomic E-state index is 12.2. The largest absolute Gasteiger partial charge is 0.508 e. The number of phenols is 1. The van der Waals surface area contributed by atoms with E-state index in [1.165, 1.54) is 42.5 Å². The van der Waals surface area contributed by atoms with Gasteiger partial charge >= 0.3 is 0 Å². The fourth-order valence-electron chi connectivity index (χ4n) is 1.55. The zero-order valence-electron chi connectivity index (χ0n) is 10.1. The van der Waals surface area contributed by atoms with Gasteiger partial charge in [0.15, 0.2) is 0 Å². The second-order valence-electron chi connectivity index (χ2n) is 3.81. The first-order chi connectivity index (χ1) is 9.53. The number of anilines is 1. The first-order valence-electron chi connectivity index (χ1n) is 5.49. The van der Waals surface area contributed by atoms with Gasteiger partial charge in [-0.1, -0.05) is 23.3 Å². The highest BCUT2D eigenvalue weighted by Crippen LogP contribution is 2.26. The van der Waals surface area contributed by atoms with Crippen LogP contribution in [0, 0.1) is 0 Å². The van der Waals surface area contributed by atoms with Crippen LogP contribution in [0.2, 0.25) is 0 Å². The molecule has 0 aliphatic rings. The van der Waals surface area contributed by atoms with E-state index in [9.17, 15) is 8.42 Å². The van der Waals surface area contributed by atoms with Gasteiger partial charge in [0.2, 0.25) is 0 Å². The van der Waals surface area contributed by atoms with Crippen molar-refractivity contribution in [2.45, 2.75) is 4.90 Å². The van der Waals surface area contributed by atoms with E-state index in [1.54, 1.807) is 6.07 Å². The van der Waals surface area contributed by atoms with Crippen molar-refractivity contribution in [3.05, 3.63) is 59.0 Å². The Morgan fingerprint density at radius 2 is 1.75 bits per heavy atom. The SMILES string of the molecule is [N-]=[N+]=Nc1ccccc1S(=O)(=O)Nc1ccc(O)cc1. The lowest BCUT2D eigenvalue weighted by molar-refractivity contribution is 0.475. The predicted octanol–water partition coefficient (Wildman–Crippen LogP) is 3.13. The lowest BCUT2D eigenvalue weighted by atomic mass is 10.3. The number of hydrogen-bond donors (Lipinski definition) is 2. The molecule has 0 radical (unpaired) electrons. The first kappa shape index (κ1) is 13.7. The Labute approximate surface area is 115 Å². The Bertz CT molecular complexity index is 766. The third-order valence-corrected chi connectivity index (χ3v) is 3.86. The minimum Gasteiger partial charge on any atom is -0.508 e. The number of benzene rings is 2. The molecule has 0 heterocycles. The molecule has 0 unspecified atom stereocenters. The zero-order chi connectivity index (χ0) is 14.6. The minimum atomic E-state index is -3.88. The lowest BCUT2D eigenvalue weighted by Gasteiger charge is -2.09. The summed E-state index contributed by atoms with van der Waals surface area (Å²) in [7, 11) is -3.88. The van der Waals surface area contributed by atoms with Crippen LogP contribution in [-0.2, 0) is 10.0 Å². The summed E-state index contributed by atoms with van der Waals surface area (Å²) in [4.78, 5) is 2.48. The van der Waals surface area contributed by atoms with Crippen molar-refractivity contribution < 1.29 is 13.5 Å². The summed E-state index contributed by atoms with van der Waals surface area (Å²) in [6.07, 6.45) is 0. The highest BCUT2D eigenvalue weighted by molar-refractivity contribution is 7.92. The molecule has 0 aliphatic carbocycles. The molecule has 2 aromatic rings. The molecule has 0 fully saturated rings. The quantitative estimate of drug-likeness (QED) is 0.390. The molecule has 0 bridgehead atoms. The number of rotatable bonds is 4. The molecular formula is C12H10N4O3S. The Hall–Kier alpha value is -2.70. The summed E-state index contributed by atoms with van der Waals surface area (Å²) in [5, 5.41) is 12.5. The summed E-state index contributed by atoms with van der Waals surface area (Å²) in [6, 6.07) is 11.4. The van der Waals surface area contributed by atoms with Crippen LogP contribution in [0.4, 0.5) is 11.4 Å². The molecule has 0 aromatic heterocycles. The standard InChI is InChI=1S/C12H10N4O3S/c13-16-14-11-3-1-2-4-12(11)20(18,19)15-9-5-7-10(17)8-6-9/h1-8,15,17H. The van der Waals surface area contributed by atoms with Crippen molar-refractivity contribution >= 4 is 21.4 Å². The van der Waals surface area contributed by atoms with Crippen molar-refractivity contribution in [1.82, 2.24) is 0 Å². The summed E-state index contributed by atoms with van der Waals surface area (Å²) in [5.74, 6) is 0.0300. The van der Waals surface area contributed by atoms with Crippen molar-refractivity contribution in [2.75, 3.05) is 4.72 Å². The van der Waals surface area contributed by atoms with Crippen LogP contribution in [0.25, 0.3) is 10.4 Å². The molecule has 2 N–H and O–H groups in total. The van der Waals surface area contributed by atoms with Gasteiger partial charge in [0.1, 0.15) is 5.75 Å². The molecule has 2 aromatic carbocycles. The molecule has 0 saturated heterocycles. The Morgan fingerprint density at radius 1 is 1.10 bits per heavy atom. The average molecular weight is 290 g/mol. The van der Waals surface area contributed by atoms with Gasteiger partial charge in [-0.2, -0.15) is 0 Å². The molecule has 8 heteroatoms. The van der Waals surface area contributed by atoms with Gasteiger partial charge in [0.05, 0.1) is 10.6 Å². The Balaban J connectivity index is 2.40. The molecule has 0 aliphatic heterocycles. The van der Waals surface area contributed by atoms with Crippen LogP contribution in [0.3, 0.4) is 0 Å². The highest BCUT2D eigenvalue weighted by atomic mass is 32.2. The van der Waals surface area contributed by atoms with Crippen molar-refractivity contribution in [3.8, 4) is 5.75 Å². The monoisotopic (exact) mass is 290 g/mol. The summed E-state index contributed by atoms with van der Waals surface area (Å²) in [5.41, 5.74) is 8.75. The van der Waals surface area contributed by atoms with Gasteiger partial charge in [-0.15, -0.1) is 0 Å². The summed E-state index contributed by atoms with van der Waals surface area (Å²) >= 11 is 0. The summed E-state index contributed by atoms with van der Waals surface area (Å²) in [6.45, 7) is 0. The van der Waals surface area contributed by atoms with E-state index in [-0.39, 0.29) is 16.3 Å². The average Bonchev–Trinajstić information content (AvgIpc) is 2.42. The predicted molar refractivity (Wildman–Crippen MR) is 74.2 cm³/mol. The maximum atomic E-state index is 12.2. The molecular weight excluding hydrogens is 280 g/mol. The van der Waals surface area contributed by atoms with E-state index in [4.69, 9.17) is 10.6 Å². The van der Waals surface area contributed by atoms with Gasteiger partial charge in [0, 0.05) is 10.6 Å². The number of nitrogens with one attached hydrogen (secondary N) is 1. The van der Waals surface area contributed by atoms with Crippen molar-refractivity contribution in [3.63, 3.8) is 0 Å². The molecule has 7 nitrogen and oxygen atoms in total. The van der Waals surface area contributed by atoms with Gasteiger partial charge in [-0.05, 0) is 35.9 Å². The van der Waals surface area contributed by atoms with Crippen LogP contribution in [0.5, 0.6) is 5.75 Å². The molecule has 0 saturated carbocycles. The molecule has 0 spiro atoms. The smallest absolute Gasteiger partial charge is 0.262 e. The fraction of sp³-hybridized carbons (Fsp3) is 0. The van der Waals surface area contributed by atoms with Crippen LogP contribution in [-0.4, -0.2) is 13.5 Å². The Morgan fingerprint density at radius 3 is 2.40 bits per heavy atom. The normalized spacial score (nSPS) is 10.6. The van der Waals surface area contributed by atoms with Crippen LogP contribution >= 0.6 is 0 Å². The second kappa shape index (κ2) is 5.52. The van der Waals surface area contributed by atoms with Crippen LogP contribution < -0.4 is 4.72 Å². The zero-order valence-corrected chi connectivity index (χ0v) is 10.9. The highest BCUT2D eigenvalue weighted by Gasteiger charge is 2.17. The second-order valence-corrected chi connectivity index (χ2v) is 5.46. The van der Waals surface area contributed by atoms with Gasteiger partial charge in [-0.25, -0.2) is 8.42 Å². The maximum Gasteiger partial charge on any atom is 0.262 e. The van der Waals surface area contributed by atoms with E-state index >= 15 is 0 Å². The number of hydrogen-bond acceptors (Lipinski definition) is 4. The van der Waals surface area contributed by atoms with Crippen molar-refractivity contribution in [1.29, 1.82) is 0 Å². The van der Waals surface area contributed by atoms with Crippen LogP contribution in [0.15, 0.2) is 58.5 Å². The first-order valence-corrected chi connectivity index (χ1v) is 6.97. The van der Waals surface area contributed by atoms with E-state index in [0.717, 1.165) is 0 Å². The lowest BCUT2D eigenvalue weighted by Crippen LogP contribution is -2.12. The summed E-state index contributed by atoms with van der Waals surface area (Å²) < 4.78 is 26.8. The third-order valence-electron chi connectivity index (χ3n) is 2.43. The van der Waals surface area contributed by atoms with E-state index in [2.05, 4.69) is 14.7 Å². The number of phenolic OH excluding ortho intramolecular Hbond substituents is 1. The minimum absolute atomic E-state index is 0.0151. The molecule has 0 atom stereocenters. The fourth-order valence-corrected chi connectivity index (χ4v) is 2.75.